The predicted molar refractivity (Wildman–Crippen MR) is 185 cm³/mol. The average Bonchev–Trinajstić information content (AvgIpc) is 3.24. The number of hydrogen-bond donors (Lipinski definition) is 0. The second-order valence-electron chi connectivity index (χ2n) is 15.4. The summed E-state index contributed by atoms with van der Waals surface area (Å²) in [4.78, 5) is 32.2. The second kappa shape index (κ2) is 12.3. The Kier molecular flexibility index (Phi) is 9.86. The number of ether oxygens (including phenoxy) is 1. The molecule has 6 nitrogen and oxygen atoms in total. The van der Waals surface area contributed by atoms with Gasteiger partial charge in [0, 0.05) is 56.3 Å². The Balaban J connectivity index is 1.66. The fourth-order valence-electron chi connectivity index (χ4n) is 7.37. The molecule has 1 heterocycles. The topological polar surface area (TPSA) is 59.1 Å². The van der Waals surface area contributed by atoms with Gasteiger partial charge in [-0.3, -0.25) is 14.5 Å². The van der Waals surface area contributed by atoms with Gasteiger partial charge in [-0.1, -0.05) is 71.6 Å². The molecule has 0 aromatic heterocycles. The van der Waals surface area contributed by atoms with E-state index in [1.165, 1.54) is 0 Å². The molecule has 4 rings (SSSR count). The smallest absolute Gasteiger partial charge is 0.256 e. The summed E-state index contributed by atoms with van der Waals surface area (Å²) in [6, 6.07) is 8.68. The lowest BCUT2D eigenvalue weighted by atomic mass is 9.64. The fourth-order valence-corrected chi connectivity index (χ4v) is 11.0. The van der Waals surface area contributed by atoms with Crippen molar-refractivity contribution >= 4 is 49.8 Å². The van der Waals surface area contributed by atoms with Crippen molar-refractivity contribution in [3.05, 3.63) is 53.0 Å². The number of amides is 2. The molecule has 2 fully saturated rings. The Hall–Kier alpha value is -1.53. The van der Waals surface area contributed by atoms with Crippen LogP contribution in [0.4, 0.5) is 5.69 Å². The van der Waals surface area contributed by atoms with Gasteiger partial charge in [0.1, 0.15) is 6.73 Å². The number of piperidine rings is 1. The lowest BCUT2D eigenvalue weighted by molar-refractivity contribution is -0.142. The van der Waals surface area contributed by atoms with E-state index in [0.717, 1.165) is 16.2 Å². The highest BCUT2D eigenvalue weighted by molar-refractivity contribution is 9.10. The molecule has 4 bridgehead atoms. The number of carbonyl (C=O) groups is 2. The Morgan fingerprint density at radius 2 is 1.88 bits per heavy atom. The zero-order valence-corrected chi connectivity index (χ0v) is 31.6. The first kappa shape index (κ1) is 34.3. The second-order valence-corrected chi connectivity index (χ2v) is 26.5. The molecule has 2 aliphatic carbocycles. The lowest BCUT2D eigenvalue weighted by Gasteiger charge is -2.45. The maximum atomic E-state index is 14.6. The van der Waals surface area contributed by atoms with Gasteiger partial charge in [0.15, 0.2) is 8.32 Å². The lowest BCUT2D eigenvalue weighted by Crippen LogP contribution is -2.52. The quantitative estimate of drug-likeness (QED) is 0.0913. The standard InChI is InChI=1S/C34H53BrN2O4Si2/c1-12-34-26-18-17-24(31(38)37(22-40-19-20-42(7,8)9)28-16-14-13-15-27(28)35)29(34)30(36(6)32(34)39)25(26)21-41-43(10,11)33(4,5)23(2)3/h12-17,23,25-26,29-30H,1,18-22H2,2-11H3/t25-,26+,29-,30+,34-/m0/s1. The molecule has 0 spiro atoms. The van der Waals surface area contributed by atoms with Gasteiger partial charge in [-0.05, 0) is 70.5 Å². The summed E-state index contributed by atoms with van der Waals surface area (Å²) < 4.78 is 13.9. The van der Waals surface area contributed by atoms with Crippen molar-refractivity contribution in [1.82, 2.24) is 4.90 Å². The predicted octanol–water partition coefficient (Wildman–Crippen LogP) is 7.96. The summed E-state index contributed by atoms with van der Waals surface area (Å²) in [6.07, 6.45) is 4.62. The highest BCUT2D eigenvalue weighted by Crippen LogP contribution is 2.65. The summed E-state index contributed by atoms with van der Waals surface area (Å²) in [6.45, 7) is 26.4. The van der Waals surface area contributed by atoms with Gasteiger partial charge in [0.2, 0.25) is 5.91 Å². The number of para-hydroxylation sites is 1. The maximum absolute atomic E-state index is 14.6. The molecular formula is C34H53BrN2O4Si2. The molecule has 0 N–H and O–H groups in total. The van der Waals surface area contributed by atoms with E-state index in [2.05, 4.69) is 89.0 Å². The van der Waals surface area contributed by atoms with E-state index < -0.39 is 21.8 Å². The molecule has 2 amide bonds. The van der Waals surface area contributed by atoms with E-state index in [0.29, 0.717) is 31.1 Å². The van der Waals surface area contributed by atoms with E-state index in [1.54, 1.807) is 4.90 Å². The van der Waals surface area contributed by atoms with Crippen LogP contribution in [0.1, 0.15) is 34.1 Å². The van der Waals surface area contributed by atoms with Crippen molar-refractivity contribution < 1.29 is 18.8 Å². The maximum Gasteiger partial charge on any atom is 0.256 e. The Labute approximate surface area is 270 Å². The molecule has 1 saturated heterocycles. The largest absolute Gasteiger partial charge is 0.416 e. The molecule has 1 aromatic rings. The van der Waals surface area contributed by atoms with Gasteiger partial charge in [-0.2, -0.15) is 0 Å². The third-order valence-corrected chi connectivity index (χ3v) is 18.3. The zero-order valence-electron chi connectivity index (χ0n) is 28.0. The molecule has 43 heavy (non-hydrogen) atoms. The van der Waals surface area contributed by atoms with Crippen molar-refractivity contribution in [2.45, 2.75) is 84.0 Å². The zero-order chi connectivity index (χ0) is 32.1. The van der Waals surface area contributed by atoms with Gasteiger partial charge < -0.3 is 14.1 Å². The molecule has 1 aromatic carbocycles. The number of carbonyl (C=O) groups excluding carboxylic acids is 2. The van der Waals surface area contributed by atoms with Crippen LogP contribution in [-0.2, 0) is 18.8 Å². The minimum Gasteiger partial charge on any atom is -0.416 e. The number of allylic oxidation sites excluding steroid dienone is 1. The highest BCUT2D eigenvalue weighted by Gasteiger charge is 2.72. The summed E-state index contributed by atoms with van der Waals surface area (Å²) >= 11 is 3.67. The minimum atomic E-state index is -2.09. The SMILES string of the molecule is C=C[C@]12C(=O)N(C)[C@@H]3[C@@H](CO[Si](C)(C)C(C)(C)C(C)C)[C@H]1CC=C(C(=O)N(COCC[Si](C)(C)C)c1ccccc1Br)[C@@H]32. The number of hydrogen-bond acceptors (Lipinski definition) is 4. The number of halogens is 1. The molecule has 0 unspecified atom stereocenters. The van der Waals surface area contributed by atoms with Gasteiger partial charge in [-0.15, -0.1) is 6.58 Å². The third-order valence-electron chi connectivity index (χ3n) is 11.3. The molecule has 1 saturated carbocycles. The van der Waals surface area contributed by atoms with Gasteiger partial charge >= 0.3 is 0 Å². The van der Waals surface area contributed by atoms with Crippen LogP contribution < -0.4 is 4.90 Å². The summed E-state index contributed by atoms with van der Waals surface area (Å²) in [5, 5.41) is 0.0932. The van der Waals surface area contributed by atoms with Crippen molar-refractivity contribution in [1.29, 1.82) is 0 Å². The molecule has 0 radical (unpaired) electrons. The number of benzene rings is 1. The van der Waals surface area contributed by atoms with Crippen LogP contribution in [0.3, 0.4) is 0 Å². The monoisotopic (exact) mass is 688 g/mol. The Bertz CT molecular complexity index is 1270. The van der Waals surface area contributed by atoms with Crippen LogP contribution in [0.2, 0.25) is 43.8 Å². The van der Waals surface area contributed by atoms with Gasteiger partial charge in [0.25, 0.3) is 5.91 Å². The third kappa shape index (κ3) is 5.93. The molecule has 5 atom stereocenters. The number of rotatable bonds is 13. The van der Waals surface area contributed by atoms with E-state index >= 15 is 0 Å². The fraction of sp³-hybridized carbons (Fsp3) is 0.647. The van der Waals surface area contributed by atoms with E-state index in [1.807, 2.05) is 42.3 Å². The van der Waals surface area contributed by atoms with Gasteiger partial charge in [0.05, 0.1) is 11.1 Å². The Morgan fingerprint density at radius 3 is 2.47 bits per heavy atom. The normalized spacial score (nSPS) is 27.1. The number of anilines is 1. The minimum absolute atomic E-state index is 0.0668. The van der Waals surface area contributed by atoms with Crippen LogP contribution >= 0.6 is 15.9 Å². The van der Waals surface area contributed by atoms with Crippen LogP contribution in [0.5, 0.6) is 0 Å². The molecule has 9 heteroatoms. The number of likely N-dealkylation sites (tertiary alicyclic amines) is 1. The first-order chi connectivity index (χ1) is 19.9. The van der Waals surface area contributed by atoms with Crippen molar-refractivity contribution in [3.63, 3.8) is 0 Å². The molecular weight excluding hydrogens is 636 g/mol. The van der Waals surface area contributed by atoms with Crippen LogP contribution in [0, 0.1) is 29.1 Å². The van der Waals surface area contributed by atoms with Crippen LogP contribution in [-0.4, -0.2) is 66.1 Å². The van der Waals surface area contributed by atoms with Crippen molar-refractivity contribution in [2.24, 2.45) is 29.1 Å². The molecule has 3 aliphatic rings. The first-order valence-corrected chi connectivity index (χ1v) is 23.2. The number of nitrogens with zero attached hydrogens (tertiary/aromatic N) is 2. The molecule has 238 valence electrons. The van der Waals surface area contributed by atoms with E-state index in [4.69, 9.17) is 9.16 Å². The van der Waals surface area contributed by atoms with Crippen LogP contribution in [0.15, 0.2) is 53.0 Å². The van der Waals surface area contributed by atoms with E-state index in [-0.39, 0.29) is 47.4 Å². The van der Waals surface area contributed by atoms with E-state index in [9.17, 15) is 9.59 Å². The van der Waals surface area contributed by atoms with Crippen molar-refractivity contribution in [2.75, 3.05) is 31.9 Å². The molecule has 1 aliphatic heterocycles. The highest BCUT2D eigenvalue weighted by atomic mass is 79.9. The summed E-state index contributed by atoms with van der Waals surface area (Å²) in [5.74, 6) is 0.412. The van der Waals surface area contributed by atoms with Gasteiger partial charge in [-0.25, -0.2) is 0 Å². The average molecular weight is 690 g/mol. The van der Waals surface area contributed by atoms with Crippen LogP contribution in [0.25, 0.3) is 0 Å². The van der Waals surface area contributed by atoms with Crippen molar-refractivity contribution in [3.8, 4) is 0 Å². The summed E-state index contributed by atoms with van der Waals surface area (Å²) in [7, 11) is -1.48. The Morgan fingerprint density at radius 1 is 1.23 bits per heavy atom. The summed E-state index contributed by atoms with van der Waals surface area (Å²) in [5.41, 5.74) is 0.666. The first-order valence-electron chi connectivity index (χ1n) is 15.8.